The Kier molecular flexibility index (Phi) is 9.88. The van der Waals surface area contributed by atoms with Crippen molar-refractivity contribution in [3.05, 3.63) is 0 Å². The number of methoxy groups -OCH3 is 1. The van der Waals surface area contributed by atoms with Crippen LogP contribution in [0.3, 0.4) is 0 Å². The number of hydrogen-bond donors (Lipinski definition) is 1. The van der Waals surface area contributed by atoms with Gasteiger partial charge in [-0.05, 0) is 27.7 Å². The van der Waals surface area contributed by atoms with Crippen molar-refractivity contribution in [2.45, 2.75) is 27.7 Å². The van der Waals surface area contributed by atoms with Gasteiger partial charge in [0, 0.05) is 0 Å². The summed E-state index contributed by atoms with van der Waals surface area (Å²) in [7, 11) is 1.10. The molecule has 0 spiro atoms. The Morgan fingerprint density at radius 3 is 1.29 bits per heavy atom. The highest BCUT2D eigenvalue weighted by Gasteiger charge is 2.16. The molecule has 0 aromatic carbocycles. The van der Waals surface area contributed by atoms with Gasteiger partial charge >= 0.3 is 6.16 Å². The largest absolute Gasteiger partial charge is 0.505 e. The fraction of sp³-hybridized carbons (Fsp3) is 0.900. The fourth-order valence-electron chi connectivity index (χ4n) is 1.34. The second-order valence-corrected chi connectivity index (χ2v) is 3.08. The van der Waals surface area contributed by atoms with E-state index in [0.717, 1.165) is 7.11 Å². The van der Waals surface area contributed by atoms with Gasteiger partial charge in [-0.1, -0.05) is 0 Å². The third kappa shape index (κ3) is 6.71. The van der Waals surface area contributed by atoms with Gasteiger partial charge in [0.15, 0.2) is 0 Å². The first-order valence-corrected chi connectivity index (χ1v) is 5.13. The maximum atomic E-state index is 9.15. The average molecular weight is 206 g/mol. The van der Waals surface area contributed by atoms with Crippen LogP contribution in [0.4, 0.5) is 4.79 Å². The quantitative estimate of drug-likeness (QED) is 0.566. The van der Waals surface area contributed by atoms with Crippen LogP contribution in [0.1, 0.15) is 27.7 Å². The standard InChI is InChI=1S/C8H20N.C2H4O3/c1-5-9(6-2,7-3)8-4;1-5-2(3)4/h5-8H2,1-4H3;1H3,(H,3,4)/q+1;. The molecule has 0 aromatic heterocycles. The summed E-state index contributed by atoms with van der Waals surface area (Å²) in [5, 5.41) is 7.50. The van der Waals surface area contributed by atoms with Gasteiger partial charge in [0.2, 0.25) is 0 Å². The van der Waals surface area contributed by atoms with E-state index in [1.165, 1.54) is 30.7 Å². The molecular weight excluding hydrogens is 182 g/mol. The fourth-order valence-corrected chi connectivity index (χ4v) is 1.34. The Morgan fingerprint density at radius 1 is 1.07 bits per heavy atom. The molecule has 0 aliphatic rings. The highest BCUT2D eigenvalue weighted by molar-refractivity contribution is 5.56. The second kappa shape index (κ2) is 8.81. The van der Waals surface area contributed by atoms with Crippen molar-refractivity contribution in [2.75, 3.05) is 33.3 Å². The van der Waals surface area contributed by atoms with E-state index in [2.05, 4.69) is 32.4 Å². The van der Waals surface area contributed by atoms with Gasteiger partial charge in [0.1, 0.15) is 0 Å². The summed E-state index contributed by atoms with van der Waals surface area (Å²) in [5.74, 6) is 0. The number of hydrogen-bond acceptors (Lipinski definition) is 2. The molecular formula is C10H24NO3+. The molecule has 0 heterocycles. The Morgan fingerprint density at radius 2 is 1.29 bits per heavy atom. The first kappa shape index (κ1) is 15.7. The van der Waals surface area contributed by atoms with Crippen molar-refractivity contribution in [1.29, 1.82) is 0 Å². The number of rotatable bonds is 4. The van der Waals surface area contributed by atoms with Crippen molar-refractivity contribution >= 4 is 6.16 Å². The highest BCUT2D eigenvalue weighted by atomic mass is 16.6. The molecule has 0 bridgehead atoms. The van der Waals surface area contributed by atoms with E-state index < -0.39 is 6.16 Å². The van der Waals surface area contributed by atoms with E-state index in [9.17, 15) is 0 Å². The van der Waals surface area contributed by atoms with Crippen molar-refractivity contribution in [3.63, 3.8) is 0 Å². The number of quaternary nitrogens is 1. The van der Waals surface area contributed by atoms with Crippen LogP contribution in [0.15, 0.2) is 0 Å². The van der Waals surface area contributed by atoms with Gasteiger partial charge in [0.05, 0.1) is 33.3 Å². The third-order valence-electron chi connectivity index (χ3n) is 2.86. The van der Waals surface area contributed by atoms with Gasteiger partial charge in [-0.15, -0.1) is 0 Å². The molecule has 0 rings (SSSR count). The lowest BCUT2D eigenvalue weighted by atomic mass is 10.3. The lowest BCUT2D eigenvalue weighted by molar-refractivity contribution is -0.921. The molecule has 0 radical (unpaired) electrons. The minimum atomic E-state index is -1.25. The zero-order chi connectivity index (χ0) is 11.6. The predicted molar refractivity (Wildman–Crippen MR) is 57.5 cm³/mol. The first-order chi connectivity index (χ1) is 6.51. The maximum absolute atomic E-state index is 9.15. The average Bonchev–Trinajstić information content (AvgIpc) is 2.23. The Bertz CT molecular complexity index is 127. The monoisotopic (exact) mass is 206 g/mol. The van der Waals surface area contributed by atoms with Gasteiger partial charge in [-0.3, -0.25) is 0 Å². The lowest BCUT2D eigenvalue weighted by Crippen LogP contribution is -2.47. The minimum Gasteiger partial charge on any atom is -0.450 e. The highest BCUT2D eigenvalue weighted by Crippen LogP contribution is 2.03. The van der Waals surface area contributed by atoms with E-state index in [1.54, 1.807) is 0 Å². The normalized spacial score (nSPS) is 10.1. The zero-order valence-electron chi connectivity index (χ0n) is 10.0. The SMILES string of the molecule is CC[N+](CC)(CC)CC.COC(=O)O. The van der Waals surface area contributed by atoms with E-state index in [4.69, 9.17) is 9.90 Å². The van der Waals surface area contributed by atoms with Gasteiger partial charge in [-0.25, -0.2) is 4.79 Å². The van der Waals surface area contributed by atoms with Gasteiger partial charge < -0.3 is 14.3 Å². The zero-order valence-corrected chi connectivity index (χ0v) is 10.0. The summed E-state index contributed by atoms with van der Waals surface area (Å²) in [6.07, 6.45) is -1.25. The van der Waals surface area contributed by atoms with E-state index >= 15 is 0 Å². The number of ether oxygens (including phenoxy) is 1. The molecule has 0 amide bonds. The number of carboxylic acid groups (broad SMARTS) is 1. The van der Waals surface area contributed by atoms with E-state index in [0.29, 0.717) is 0 Å². The topological polar surface area (TPSA) is 46.5 Å². The minimum absolute atomic E-state index is 1.10. The van der Waals surface area contributed by atoms with Gasteiger partial charge in [-0.2, -0.15) is 0 Å². The molecule has 0 aliphatic heterocycles. The van der Waals surface area contributed by atoms with Crippen LogP contribution in [0, 0.1) is 0 Å². The summed E-state index contributed by atoms with van der Waals surface area (Å²) in [5.41, 5.74) is 0. The third-order valence-corrected chi connectivity index (χ3v) is 2.86. The molecule has 1 N–H and O–H groups in total. The van der Waals surface area contributed by atoms with Crippen LogP contribution in [-0.2, 0) is 4.74 Å². The molecule has 4 heteroatoms. The van der Waals surface area contributed by atoms with Crippen LogP contribution in [0.5, 0.6) is 0 Å². The van der Waals surface area contributed by atoms with Crippen LogP contribution >= 0.6 is 0 Å². The second-order valence-electron chi connectivity index (χ2n) is 3.08. The summed E-state index contributed by atoms with van der Waals surface area (Å²) in [6, 6.07) is 0. The van der Waals surface area contributed by atoms with Crippen molar-refractivity contribution in [1.82, 2.24) is 0 Å². The van der Waals surface area contributed by atoms with Gasteiger partial charge in [0.25, 0.3) is 0 Å². The molecule has 0 aliphatic carbocycles. The summed E-state index contributed by atoms with van der Waals surface area (Å²) < 4.78 is 4.94. The van der Waals surface area contributed by atoms with Crippen LogP contribution in [0.25, 0.3) is 0 Å². The molecule has 0 saturated heterocycles. The molecule has 0 unspecified atom stereocenters. The van der Waals surface area contributed by atoms with Crippen molar-refractivity contribution in [3.8, 4) is 0 Å². The van der Waals surface area contributed by atoms with E-state index in [-0.39, 0.29) is 0 Å². The molecule has 14 heavy (non-hydrogen) atoms. The Hall–Kier alpha value is -0.770. The Labute approximate surface area is 87.1 Å². The summed E-state index contributed by atoms with van der Waals surface area (Å²) in [6.45, 7) is 14.2. The molecule has 86 valence electrons. The Balaban J connectivity index is 0. The van der Waals surface area contributed by atoms with Crippen molar-refractivity contribution < 1.29 is 19.1 Å². The van der Waals surface area contributed by atoms with E-state index in [1.807, 2.05) is 0 Å². The molecule has 0 aromatic rings. The summed E-state index contributed by atoms with van der Waals surface area (Å²) >= 11 is 0. The number of nitrogens with zero attached hydrogens (tertiary/aromatic N) is 1. The van der Waals surface area contributed by atoms with Crippen molar-refractivity contribution in [2.24, 2.45) is 0 Å². The van der Waals surface area contributed by atoms with Crippen LogP contribution in [-0.4, -0.2) is 49.0 Å². The molecule has 0 saturated carbocycles. The summed E-state index contributed by atoms with van der Waals surface area (Å²) in [4.78, 5) is 9.15. The lowest BCUT2D eigenvalue weighted by Gasteiger charge is -2.34. The van der Waals surface area contributed by atoms with Crippen LogP contribution in [0.2, 0.25) is 0 Å². The first-order valence-electron chi connectivity index (χ1n) is 5.13. The number of carbonyl (C=O) groups is 1. The molecule has 4 nitrogen and oxygen atoms in total. The predicted octanol–water partition coefficient (Wildman–Crippen LogP) is 2.19. The molecule has 0 atom stereocenters. The smallest absolute Gasteiger partial charge is 0.450 e. The maximum Gasteiger partial charge on any atom is 0.505 e. The molecule has 0 fully saturated rings. The van der Waals surface area contributed by atoms with Crippen LogP contribution < -0.4 is 0 Å².